The Morgan fingerprint density at radius 3 is 2.87 bits per heavy atom. The molecule has 1 aromatic heterocycles. The van der Waals surface area contributed by atoms with E-state index >= 15 is 0 Å². The number of amides is 1. The maximum absolute atomic E-state index is 12.6. The fourth-order valence-corrected chi connectivity index (χ4v) is 5.75. The van der Waals surface area contributed by atoms with E-state index in [0.717, 1.165) is 46.8 Å². The molecule has 8 heteroatoms. The first-order valence-electron chi connectivity index (χ1n) is 10.6. The molecule has 0 saturated carbocycles. The third-order valence-electron chi connectivity index (χ3n) is 5.96. The number of hydrogen-bond donors (Lipinski definition) is 1. The number of anilines is 1. The molecule has 31 heavy (non-hydrogen) atoms. The number of fused-ring (bicyclic) bond motifs is 1. The predicted molar refractivity (Wildman–Crippen MR) is 122 cm³/mol. The Morgan fingerprint density at radius 2 is 2.16 bits per heavy atom. The van der Waals surface area contributed by atoms with Gasteiger partial charge in [0.25, 0.3) is 0 Å². The Hall–Kier alpha value is -2.03. The molecular weight excluding hydrogens is 414 g/mol. The third kappa shape index (κ3) is 4.47. The number of aromatic nitrogens is 2. The highest BCUT2D eigenvalue weighted by atomic mass is 32.2. The van der Waals surface area contributed by atoms with Crippen LogP contribution in [0.15, 0.2) is 18.2 Å². The largest absolute Gasteiger partial charge is 0.496 e. The van der Waals surface area contributed by atoms with Crippen molar-refractivity contribution in [2.24, 2.45) is 0 Å². The Bertz CT molecular complexity index is 972. The average molecular weight is 446 g/mol. The molecule has 0 aliphatic carbocycles. The zero-order valence-electron chi connectivity index (χ0n) is 18.9. The molecule has 2 aliphatic rings. The maximum Gasteiger partial charge on any atom is 0.235 e. The first-order chi connectivity index (χ1) is 14.8. The van der Waals surface area contributed by atoms with Gasteiger partial charge in [-0.2, -0.15) is 5.10 Å². The summed E-state index contributed by atoms with van der Waals surface area (Å²) in [7, 11) is 3.34. The van der Waals surface area contributed by atoms with Crippen molar-refractivity contribution in [3.8, 4) is 5.75 Å². The van der Waals surface area contributed by atoms with Crippen LogP contribution in [0.1, 0.15) is 60.4 Å². The quantitative estimate of drug-likeness (QED) is 0.742. The number of ether oxygens (including phenoxy) is 3. The SMILES string of the molecule is COCc1cc(C2SCC(=O)Nc3c2c(C)nn3C2CCOC(C)(C)C2)ccc1OC. The Balaban J connectivity index is 1.78. The summed E-state index contributed by atoms with van der Waals surface area (Å²) in [5.74, 6) is 2.02. The molecule has 1 fully saturated rings. The van der Waals surface area contributed by atoms with Crippen LogP contribution in [0.4, 0.5) is 5.82 Å². The molecule has 2 atom stereocenters. The molecule has 1 saturated heterocycles. The highest BCUT2D eigenvalue weighted by Crippen LogP contribution is 2.46. The number of rotatable bonds is 5. The van der Waals surface area contributed by atoms with Gasteiger partial charge in [-0.05, 0) is 51.3 Å². The lowest BCUT2D eigenvalue weighted by atomic mass is 9.94. The van der Waals surface area contributed by atoms with Crippen LogP contribution in [-0.2, 0) is 20.9 Å². The minimum atomic E-state index is -0.205. The van der Waals surface area contributed by atoms with Crippen molar-refractivity contribution in [2.75, 3.05) is 31.9 Å². The zero-order valence-corrected chi connectivity index (χ0v) is 19.7. The van der Waals surface area contributed by atoms with Crippen LogP contribution in [0.3, 0.4) is 0 Å². The van der Waals surface area contributed by atoms with Crippen molar-refractivity contribution < 1.29 is 19.0 Å². The topological polar surface area (TPSA) is 74.6 Å². The van der Waals surface area contributed by atoms with Crippen molar-refractivity contribution in [3.63, 3.8) is 0 Å². The number of thioether (sulfide) groups is 1. The molecule has 3 heterocycles. The Labute approximate surface area is 187 Å². The summed E-state index contributed by atoms with van der Waals surface area (Å²) in [6, 6.07) is 6.36. The number of nitrogens with one attached hydrogen (secondary N) is 1. The summed E-state index contributed by atoms with van der Waals surface area (Å²) in [6.45, 7) is 7.41. The van der Waals surface area contributed by atoms with Crippen molar-refractivity contribution in [1.82, 2.24) is 9.78 Å². The van der Waals surface area contributed by atoms with E-state index in [1.807, 2.05) is 17.7 Å². The molecular formula is C23H31N3O4S. The smallest absolute Gasteiger partial charge is 0.235 e. The van der Waals surface area contributed by atoms with Gasteiger partial charge in [0.1, 0.15) is 11.6 Å². The molecule has 2 aliphatic heterocycles. The monoisotopic (exact) mass is 445 g/mol. The van der Waals surface area contributed by atoms with Gasteiger partial charge in [-0.25, -0.2) is 4.68 Å². The first-order valence-corrected chi connectivity index (χ1v) is 11.7. The fraction of sp³-hybridized carbons (Fsp3) is 0.565. The van der Waals surface area contributed by atoms with Gasteiger partial charge >= 0.3 is 0 Å². The van der Waals surface area contributed by atoms with E-state index in [1.165, 1.54) is 0 Å². The predicted octanol–water partition coefficient (Wildman–Crippen LogP) is 4.25. The molecule has 4 rings (SSSR count). The van der Waals surface area contributed by atoms with E-state index in [9.17, 15) is 4.79 Å². The lowest BCUT2D eigenvalue weighted by Crippen LogP contribution is -2.36. The molecule has 1 amide bonds. The molecule has 1 aromatic carbocycles. The van der Waals surface area contributed by atoms with Crippen molar-refractivity contribution >= 4 is 23.5 Å². The first kappa shape index (κ1) is 22.2. The van der Waals surface area contributed by atoms with Crippen LogP contribution >= 0.6 is 11.8 Å². The molecule has 2 unspecified atom stereocenters. The van der Waals surface area contributed by atoms with Crippen molar-refractivity contribution in [2.45, 2.75) is 57.1 Å². The van der Waals surface area contributed by atoms with Gasteiger partial charge in [0.15, 0.2) is 0 Å². The van der Waals surface area contributed by atoms with E-state index in [-0.39, 0.29) is 22.8 Å². The standard InChI is InChI=1S/C23H31N3O4S/c1-14-20-21(15-6-7-18(29-5)16(10-15)12-28-4)31-13-19(27)24-22(20)26(25-14)17-8-9-30-23(2,3)11-17/h6-7,10,17,21H,8-9,11-13H2,1-5H3,(H,24,27). The summed E-state index contributed by atoms with van der Waals surface area (Å²) >= 11 is 1.63. The zero-order chi connectivity index (χ0) is 22.2. The van der Waals surface area contributed by atoms with Gasteiger partial charge in [0.05, 0.1) is 42.1 Å². The highest BCUT2D eigenvalue weighted by Gasteiger charge is 2.36. The van der Waals surface area contributed by atoms with E-state index < -0.39 is 0 Å². The molecule has 2 aromatic rings. The number of benzene rings is 1. The minimum absolute atomic E-state index is 0.00272. The summed E-state index contributed by atoms with van der Waals surface area (Å²) < 4.78 is 18.8. The van der Waals surface area contributed by atoms with Gasteiger partial charge in [0, 0.05) is 24.8 Å². The molecule has 168 valence electrons. The van der Waals surface area contributed by atoms with Gasteiger partial charge in [0.2, 0.25) is 5.91 Å². The highest BCUT2D eigenvalue weighted by molar-refractivity contribution is 8.00. The second-order valence-electron chi connectivity index (χ2n) is 8.79. The van der Waals surface area contributed by atoms with Crippen LogP contribution in [0.5, 0.6) is 5.75 Å². The molecule has 0 spiro atoms. The van der Waals surface area contributed by atoms with Crippen LogP contribution in [-0.4, -0.2) is 47.9 Å². The van der Waals surface area contributed by atoms with E-state index in [4.69, 9.17) is 19.3 Å². The third-order valence-corrected chi connectivity index (χ3v) is 7.23. The minimum Gasteiger partial charge on any atom is -0.496 e. The lowest BCUT2D eigenvalue weighted by Gasteiger charge is -2.36. The molecule has 7 nitrogen and oxygen atoms in total. The van der Waals surface area contributed by atoms with Crippen LogP contribution in [0, 0.1) is 6.92 Å². The number of hydrogen-bond acceptors (Lipinski definition) is 6. The van der Waals surface area contributed by atoms with Crippen molar-refractivity contribution in [1.29, 1.82) is 0 Å². The number of methoxy groups -OCH3 is 2. The summed E-state index contributed by atoms with van der Waals surface area (Å²) in [4.78, 5) is 12.6. The second-order valence-corrected chi connectivity index (χ2v) is 9.88. The van der Waals surface area contributed by atoms with E-state index in [0.29, 0.717) is 19.0 Å². The summed E-state index contributed by atoms with van der Waals surface area (Å²) in [5.41, 5.74) is 3.93. The van der Waals surface area contributed by atoms with Gasteiger partial charge in [-0.1, -0.05) is 6.07 Å². The maximum atomic E-state index is 12.6. The van der Waals surface area contributed by atoms with Crippen LogP contribution in [0.25, 0.3) is 0 Å². The van der Waals surface area contributed by atoms with Crippen molar-refractivity contribution in [3.05, 3.63) is 40.6 Å². The number of nitrogens with zero attached hydrogens (tertiary/aromatic N) is 2. The van der Waals surface area contributed by atoms with Gasteiger partial charge in [-0.15, -0.1) is 11.8 Å². The van der Waals surface area contributed by atoms with E-state index in [2.05, 4.69) is 31.3 Å². The van der Waals surface area contributed by atoms with Crippen LogP contribution < -0.4 is 10.1 Å². The second kappa shape index (κ2) is 8.84. The summed E-state index contributed by atoms with van der Waals surface area (Å²) in [5, 5.41) is 8.06. The molecule has 1 N–H and O–H groups in total. The Kier molecular flexibility index (Phi) is 6.32. The normalized spacial score (nSPS) is 23.1. The number of aryl methyl sites for hydroxylation is 1. The number of carbonyl (C=O) groups is 1. The average Bonchev–Trinajstić information content (AvgIpc) is 2.93. The molecule has 0 radical (unpaired) electrons. The van der Waals surface area contributed by atoms with Crippen LogP contribution in [0.2, 0.25) is 0 Å². The van der Waals surface area contributed by atoms with Gasteiger partial charge in [-0.3, -0.25) is 4.79 Å². The fourth-order valence-electron chi connectivity index (χ4n) is 4.57. The summed E-state index contributed by atoms with van der Waals surface area (Å²) in [6.07, 6.45) is 1.74. The van der Waals surface area contributed by atoms with E-state index in [1.54, 1.807) is 26.0 Å². The lowest BCUT2D eigenvalue weighted by molar-refractivity contribution is -0.113. The van der Waals surface area contributed by atoms with Gasteiger partial charge < -0.3 is 19.5 Å². The molecule has 0 bridgehead atoms. The number of carbonyl (C=O) groups excluding carboxylic acids is 1. The Morgan fingerprint density at radius 1 is 1.35 bits per heavy atom.